The topological polar surface area (TPSA) is 123 Å². The lowest BCUT2D eigenvalue weighted by Crippen LogP contribution is -2.28. The Balaban J connectivity index is 1.24. The fourth-order valence-corrected chi connectivity index (χ4v) is 4.61. The Labute approximate surface area is 232 Å². The van der Waals surface area contributed by atoms with Gasteiger partial charge in [0.2, 0.25) is 5.91 Å². The van der Waals surface area contributed by atoms with Gasteiger partial charge in [0.05, 0.1) is 18.3 Å². The first-order valence-corrected chi connectivity index (χ1v) is 13.4. The number of hydrogen-bond acceptors (Lipinski definition) is 7. The van der Waals surface area contributed by atoms with Crippen LogP contribution >= 0.6 is 0 Å². The summed E-state index contributed by atoms with van der Waals surface area (Å²) < 4.78 is 7.11. The average Bonchev–Trinajstić information content (AvgIpc) is 3.33. The van der Waals surface area contributed by atoms with Gasteiger partial charge in [-0.05, 0) is 82.9 Å². The molecule has 2 amide bonds. The van der Waals surface area contributed by atoms with E-state index < -0.39 is 11.7 Å². The van der Waals surface area contributed by atoms with Crippen molar-refractivity contribution in [3.63, 3.8) is 0 Å². The molecule has 1 fully saturated rings. The second-order valence-corrected chi connectivity index (χ2v) is 10.8. The van der Waals surface area contributed by atoms with Crippen LogP contribution in [0.5, 0.6) is 0 Å². The van der Waals surface area contributed by atoms with E-state index in [1.165, 1.54) is 0 Å². The molecular formula is C30H33N7O3. The summed E-state index contributed by atoms with van der Waals surface area (Å²) in [6, 6.07) is 17.2. The van der Waals surface area contributed by atoms with Gasteiger partial charge in [0, 0.05) is 34.9 Å². The van der Waals surface area contributed by atoms with Crippen LogP contribution in [-0.2, 0) is 16.0 Å². The normalized spacial score (nSPS) is 15.5. The first-order valence-electron chi connectivity index (χ1n) is 13.4. The quantitative estimate of drug-likeness (QED) is 0.322. The van der Waals surface area contributed by atoms with Crippen LogP contribution in [0.2, 0.25) is 0 Å². The number of benzene rings is 1. The summed E-state index contributed by atoms with van der Waals surface area (Å²) in [5.74, 6) is 0.606. The minimum absolute atomic E-state index is 0.134. The molecule has 0 spiro atoms. The molecule has 0 radical (unpaired) electrons. The van der Waals surface area contributed by atoms with E-state index in [4.69, 9.17) is 9.84 Å². The maximum Gasteiger partial charge on any atom is 0.434 e. The molecule has 5 rings (SSSR count). The van der Waals surface area contributed by atoms with Crippen molar-refractivity contribution < 1.29 is 14.3 Å². The summed E-state index contributed by atoms with van der Waals surface area (Å²) in [7, 11) is 0. The third kappa shape index (κ3) is 7.07. The van der Waals surface area contributed by atoms with Crippen LogP contribution in [0.3, 0.4) is 0 Å². The van der Waals surface area contributed by atoms with Crippen LogP contribution < -0.4 is 10.6 Å². The van der Waals surface area contributed by atoms with Crippen molar-refractivity contribution >= 4 is 34.9 Å². The van der Waals surface area contributed by atoms with Gasteiger partial charge >= 0.3 is 6.09 Å². The van der Waals surface area contributed by atoms with Crippen molar-refractivity contribution in [3.05, 3.63) is 72.7 Å². The van der Waals surface area contributed by atoms with Crippen LogP contribution in [0, 0.1) is 0 Å². The maximum atomic E-state index is 12.5. The van der Waals surface area contributed by atoms with Crippen LogP contribution in [-0.4, -0.2) is 48.9 Å². The van der Waals surface area contributed by atoms with Crippen LogP contribution in [0.4, 0.5) is 16.3 Å². The molecule has 3 aromatic heterocycles. The third-order valence-electron chi connectivity index (χ3n) is 6.43. The van der Waals surface area contributed by atoms with Gasteiger partial charge in [-0.2, -0.15) is 4.99 Å². The van der Waals surface area contributed by atoms with Gasteiger partial charge in [0.15, 0.2) is 5.65 Å². The number of ether oxygens (including phenoxy) is 1. The predicted molar refractivity (Wildman–Crippen MR) is 155 cm³/mol. The highest BCUT2D eigenvalue weighted by atomic mass is 16.6. The molecule has 1 aromatic carbocycles. The van der Waals surface area contributed by atoms with Gasteiger partial charge in [-0.3, -0.25) is 9.78 Å². The molecule has 0 unspecified atom stereocenters. The molecule has 206 valence electrons. The standard InChI is InChI=1S/C30H33N7O3/c1-30(2,3)40-29(39)35-22-12-10-21(11-13-22)33-26-14-15-27-32-19-25(37(27)36-26)20-7-6-9-24(17-20)34-28(38)18-23-8-4-5-16-31-23/h4-9,14-17,19,21H,10-13,18H2,1-3H3,(H,33,36)(H,34,38). The lowest BCUT2D eigenvalue weighted by Gasteiger charge is -2.25. The number of fused-ring (bicyclic) bond motifs is 1. The van der Waals surface area contributed by atoms with E-state index in [9.17, 15) is 9.59 Å². The molecule has 40 heavy (non-hydrogen) atoms. The van der Waals surface area contributed by atoms with Gasteiger partial charge in [-0.25, -0.2) is 14.3 Å². The van der Waals surface area contributed by atoms with Crippen molar-refractivity contribution in [2.45, 2.75) is 64.5 Å². The molecule has 10 heteroatoms. The summed E-state index contributed by atoms with van der Waals surface area (Å²) >= 11 is 0. The van der Waals surface area contributed by atoms with Gasteiger partial charge in [-0.1, -0.05) is 18.2 Å². The van der Waals surface area contributed by atoms with Crippen molar-refractivity contribution in [3.8, 4) is 11.3 Å². The number of nitrogens with zero attached hydrogens (tertiary/aromatic N) is 5. The number of amides is 2. The Morgan fingerprint density at radius 1 is 1.05 bits per heavy atom. The molecule has 3 heterocycles. The molecule has 4 aromatic rings. The van der Waals surface area contributed by atoms with E-state index >= 15 is 0 Å². The molecule has 0 bridgehead atoms. The zero-order valence-electron chi connectivity index (χ0n) is 22.9. The Bertz CT molecular complexity index is 1530. The SMILES string of the molecule is CC(C)(C)OC(=O)N=C1CCC(Nc2ccc3ncc(-c4cccc(NC(=O)Cc5ccccn5)c4)n3n2)CC1. The summed E-state index contributed by atoms with van der Waals surface area (Å²) in [6.07, 6.45) is 6.29. The number of carbonyl (C=O) groups is 2. The number of nitrogens with one attached hydrogen (secondary N) is 2. The smallest absolute Gasteiger partial charge is 0.434 e. The Morgan fingerprint density at radius 2 is 1.88 bits per heavy atom. The van der Waals surface area contributed by atoms with E-state index in [1.807, 2.05) is 75.4 Å². The number of pyridine rings is 1. The lowest BCUT2D eigenvalue weighted by atomic mass is 9.93. The summed E-state index contributed by atoms with van der Waals surface area (Å²) in [4.78, 5) is 37.4. The number of aromatic nitrogens is 4. The first-order chi connectivity index (χ1) is 19.2. The molecule has 2 N–H and O–H groups in total. The second-order valence-electron chi connectivity index (χ2n) is 10.8. The number of aliphatic imine (C=N–C) groups is 1. The minimum Gasteiger partial charge on any atom is -0.442 e. The first kappa shape index (κ1) is 27.0. The lowest BCUT2D eigenvalue weighted by molar-refractivity contribution is -0.115. The van der Waals surface area contributed by atoms with Crippen molar-refractivity contribution in [1.29, 1.82) is 0 Å². The minimum atomic E-state index is -0.550. The highest BCUT2D eigenvalue weighted by Gasteiger charge is 2.21. The molecule has 10 nitrogen and oxygen atoms in total. The average molecular weight is 540 g/mol. The predicted octanol–water partition coefficient (Wildman–Crippen LogP) is 5.70. The molecule has 0 saturated heterocycles. The summed E-state index contributed by atoms with van der Waals surface area (Å²) in [6.45, 7) is 5.50. The van der Waals surface area contributed by atoms with Gasteiger partial charge in [0.25, 0.3) is 0 Å². The molecule has 1 aliphatic rings. The van der Waals surface area contributed by atoms with Gasteiger partial charge in [-0.15, -0.1) is 5.10 Å². The Hall–Kier alpha value is -4.60. The van der Waals surface area contributed by atoms with Crippen LogP contribution in [0.25, 0.3) is 16.9 Å². The molecule has 1 aliphatic carbocycles. The highest BCUT2D eigenvalue weighted by molar-refractivity contribution is 5.94. The number of anilines is 2. The van der Waals surface area contributed by atoms with Crippen LogP contribution in [0.1, 0.15) is 52.1 Å². The number of carbonyl (C=O) groups excluding carboxylic acids is 2. The number of hydrogen-bond donors (Lipinski definition) is 2. The highest BCUT2D eigenvalue weighted by Crippen LogP contribution is 2.25. The fraction of sp³-hybridized carbons (Fsp3) is 0.333. The van der Waals surface area contributed by atoms with E-state index in [0.29, 0.717) is 11.4 Å². The molecule has 1 saturated carbocycles. The van der Waals surface area contributed by atoms with Crippen LogP contribution in [0.15, 0.2) is 72.0 Å². The number of rotatable bonds is 6. The van der Waals surface area contributed by atoms with E-state index in [0.717, 1.165) is 54.1 Å². The third-order valence-corrected chi connectivity index (χ3v) is 6.43. The largest absolute Gasteiger partial charge is 0.442 e. The second kappa shape index (κ2) is 11.6. The fourth-order valence-electron chi connectivity index (χ4n) is 4.61. The van der Waals surface area contributed by atoms with Crippen molar-refractivity contribution in [2.24, 2.45) is 4.99 Å². The Kier molecular flexibility index (Phi) is 7.86. The zero-order valence-corrected chi connectivity index (χ0v) is 22.9. The van der Waals surface area contributed by atoms with Crippen molar-refractivity contribution in [1.82, 2.24) is 19.6 Å². The van der Waals surface area contributed by atoms with E-state index in [2.05, 4.69) is 25.6 Å². The van der Waals surface area contributed by atoms with E-state index in [1.54, 1.807) is 16.9 Å². The molecule has 0 atom stereocenters. The number of imidazole rings is 1. The van der Waals surface area contributed by atoms with E-state index in [-0.39, 0.29) is 18.4 Å². The molecular weight excluding hydrogens is 506 g/mol. The molecule has 0 aliphatic heterocycles. The van der Waals surface area contributed by atoms with Gasteiger partial charge in [0.1, 0.15) is 11.4 Å². The summed E-state index contributed by atoms with van der Waals surface area (Å²) in [5, 5.41) is 11.3. The van der Waals surface area contributed by atoms with Gasteiger partial charge < -0.3 is 15.4 Å². The maximum absolute atomic E-state index is 12.5. The Morgan fingerprint density at radius 3 is 2.62 bits per heavy atom. The zero-order chi connectivity index (χ0) is 28.1. The summed E-state index contributed by atoms with van der Waals surface area (Å²) in [5.41, 5.74) is 4.15. The van der Waals surface area contributed by atoms with Crippen molar-refractivity contribution in [2.75, 3.05) is 10.6 Å². The monoisotopic (exact) mass is 539 g/mol.